The topological polar surface area (TPSA) is 61.7 Å². The van der Waals surface area contributed by atoms with Gasteiger partial charge in [-0.05, 0) is 33.2 Å². The maximum atomic E-state index is 12.6. The Labute approximate surface area is 164 Å². The highest BCUT2D eigenvalue weighted by Crippen LogP contribution is 2.24. The molecule has 0 spiro atoms. The molecule has 7 nitrogen and oxygen atoms in total. The number of piperazine rings is 1. The standard InChI is InChI=1S/C19H27N5O2S/c1-4-24-16-8-6-5-7-15(16)20-19(24)27-14-18(26)23-11-9-22(10-12-23)17(25)13-21(2)3/h5-8H,4,9-14H2,1-3H3. The van der Waals surface area contributed by atoms with Crippen LogP contribution < -0.4 is 0 Å². The summed E-state index contributed by atoms with van der Waals surface area (Å²) in [5.41, 5.74) is 2.06. The average Bonchev–Trinajstić information content (AvgIpc) is 3.03. The van der Waals surface area contributed by atoms with E-state index in [-0.39, 0.29) is 11.8 Å². The molecule has 1 fully saturated rings. The first-order valence-electron chi connectivity index (χ1n) is 9.28. The van der Waals surface area contributed by atoms with Crippen molar-refractivity contribution in [3.63, 3.8) is 0 Å². The minimum absolute atomic E-state index is 0.106. The van der Waals surface area contributed by atoms with Crippen molar-refractivity contribution in [2.24, 2.45) is 0 Å². The maximum absolute atomic E-state index is 12.6. The van der Waals surface area contributed by atoms with Gasteiger partial charge in [-0.15, -0.1) is 0 Å². The molecule has 0 unspecified atom stereocenters. The fraction of sp³-hybridized carbons (Fsp3) is 0.526. The van der Waals surface area contributed by atoms with Gasteiger partial charge in [0.2, 0.25) is 11.8 Å². The molecule has 1 aliphatic heterocycles. The van der Waals surface area contributed by atoms with Gasteiger partial charge in [0.1, 0.15) is 0 Å². The molecule has 0 N–H and O–H groups in total. The minimum Gasteiger partial charge on any atom is -0.338 e. The number of carbonyl (C=O) groups excluding carboxylic acids is 2. The zero-order valence-electron chi connectivity index (χ0n) is 16.2. The van der Waals surface area contributed by atoms with Crippen LogP contribution in [-0.4, -0.2) is 88.6 Å². The molecule has 146 valence electrons. The van der Waals surface area contributed by atoms with Crippen LogP contribution in [-0.2, 0) is 16.1 Å². The van der Waals surface area contributed by atoms with Gasteiger partial charge >= 0.3 is 0 Å². The van der Waals surface area contributed by atoms with Crippen molar-refractivity contribution in [1.82, 2.24) is 24.3 Å². The molecule has 1 saturated heterocycles. The van der Waals surface area contributed by atoms with Crippen molar-refractivity contribution in [1.29, 1.82) is 0 Å². The van der Waals surface area contributed by atoms with Gasteiger partial charge in [-0.2, -0.15) is 0 Å². The number of aryl methyl sites for hydroxylation is 1. The van der Waals surface area contributed by atoms with Crippen LogP contribution in [0, 0.1) is 0 Å². The third kappa shape index (κ3) is 4.62. The lowest BCUT2D eigenvalue weighted by Crippen LogP contribution is -2.52. The predicted molar refractivity (Wildman–Crippen MR) is 108 cm³/mol. The molecule has 0 saturated carbocycles. The molecule has 3 rings (SSSR count). The molecular weight excluding hydrogens is 362 g/mol. The monoisotopic (exact) mass is 389 g/mol. The van der Waals surface area contributed by atoms with Crippen LogP contribution in [0.2, 0.25) is 0 Å². The van der Waals surface area contributed by atoms with E-state index in [0.717, 1.165) is 22.7 Å². The van der Waals surface area contributed by atoms with Crippen LogP contribution in [0.1, 0.15) is 6.92 Å². The highest BCUT2D eigenvalue weighted by Gasteiger charge is 2.24. The summed E-state index contributed by atoms with van der Waals surface area (Å²) in [4.78, 5) is 34.9. The fourth-order valence-corrected chi connectivity index (χ4v) is 4.24. The van der Waals surface area contributed by atoms with E-state index in [2.05, 4.69) is 22.5 Å². The number of imidazole rings is 1. The number of hydrogen-bond donors (Lipinski definition) is 0. The Hall–Kier alpha value is -2.06. The second kappa shape index (κ2) is 8.75. The summed E-state index contributed by atoms with van der Waals surface area (Å²) in [7, 11) is 3.77. The molecule has 8 heteroatoms. The molecule has 2 aromatic rings. The first kappa shape index (κ1) is 19.7. The molecular formula is C19H27N5O2S. The minimum atomic E-state index is 0.106. The van der Waals surface area contributed by atoms with Crippen molar-refractivity contribution in [2.75, 3.05) is 52.6 Å². The second-order valence-electron chi connectivity index (χ2n) is 6.92. The number of para-hydroxylation sites is 2. The molecule has 0 aliphatic carbocycles. The van der Waals surface area contributed by atoms with Gasteiger partial charge in [0.05, 0.1) is 23.3 Å². The zero-order chi connectivity index (χ0) is 19.4. The molecule has 0 bridgehead atoms. The number of likely N-dealkylation sites (N-methyl/N-ethyl adjacent to an activating group) is 1. The van der Waals surface area contributed by atoms with Crippen molar-refractivity contribution in [2.45, 2.75) is 18.6 Å². The summed E-state index contributed by atoms with van der Waals surface area (Å²) in [6.45, 7) is 5.74. The Morgan fingerprint density at radius 2 is 1.70 bits per heavy atom. The Kier molecular flexibility index (Phi) is 6.38. The number of carbonyl (C=O) groups is 2. The van der Waals surface area contributed by atoms with E-state index < -0.39 is 0 Å². The first-order valence-corrected chi connectivity index (χ1v) is 10.3. The largest absolute Gasteiger partial charge is 0.338 e. The highest BCUT2D eigenvalue weighted by molar-refractivity contribution is 7.99. The Balaban J connectivity index is 1.54. The third-order valence-corrected chi connectivity index (χ3v) is 5.66. The van der Waals surface area contributed by atoms with Crippen molar-refractivity contribution < 1.29 is 9.59 Å². The van der Waals surface area contributed by atoms with E-state index >= 15 is 0 Å². The molecule has 2 amide bonds. The quantitative estimate of drug-likeness (QED) is 0.699. The van der Waals surface area contributed by atoms with Crippen LogP contribution in [0.4, 0.5) is 0 Å². The number of aromatic nitrogens is 2. The van der Waals surface area contributed by atoms with E-state index in [4.69, 9.17) is 0 Å². The second-order valence-corrected chi connectivity index (χ2v) is 7.86. The summed E-state index contributed by atoms with van der Waals surface area (Å²) in [5.74, 6) is 0.599. The lowest BCUT2D eigenvalue weighted by Gasteiger charge is -2.35. The van der Waals surface area contributed by atoms with E-state index in [1.54, 1.807) is 0 Å². The molecule has 0 radical (unpaired) electrons. The fourth-order valence-electron chi connectivity index (χ4n) is 3.26. The number of thioether (sulfide) groups is 1. The summed E-state index contributed by atoms with van der Waals surface area (Å²) in [5, 5.41) is 0.881. The molecule has 27 heavy (non-hydrogen) atoms. The van der Waals surface area contributed by atoms with Crippen molar-refractivity contribution >= 4 is 34.6 Å². The summed E-state index contributed by atoms with van der Waals surface area (Å²) in [6, 6.07) is 8.04. The Morgan fingerprint density at radius 3 is 2.33 bits per heavy atom. The smallest absolute Gasteiger partial charge is 0.236 e. The number of nitrogens with zero attached hydrogens (tertiary/aromatic N) is 5. The SMILES string of the molecule is CCn1c(SCC(=O)N2CCN(C(=O)CN(C)C)CC2)nc2ccccc21. The van der Waals surface area contributed by atoms with Gasteiger partial charge in [-0.25, -0.2) is 4.98 Å². The van der Waals surface area contributed by atoms with Crippen LogP contribution in [0.3, 0.4) is 0 Å². The van der Waals surface area contributed by atoms with Gasteiger partial charge in [-0.3, -0.25) is 9.59 Å². The Bertz CT molecular complexity index is 812. The van der Waals surface area contributed by atoms with Gasteiger partial charge in [0, 0.05) is 32.7 Å². The summed E-state index contributed by atoms with van der Waals surface area (Å²) >= 11 is 1.49. The van der Waals surface area contributed by atoms with Gasteiger partial charge in [0.15, 0.2) is 5.16 Å². The number of hydrogen-bond acceptors (Lipinski definition) is 5. The van der Waals surface area contributed by atoms with E-state index in [0.29, 0.717) is 38.5 Å². The number of amides is 2. The molecule has 1 aromatic heterocycles. The summed E-state index contributed by atoms with van der Waals surface area (Å²) < 4.78 is 2.14. The molecule has 1 aromatic carbocycles. The first-order chi connectivity index (χ1) is 13.0. The number of benzene rings is 1. The lowest BCUT2D eigenvalue weighted by molar-refractivity contribution is -0.138. The van der Waals surface area contributed by atoms with Crippen molar-refractivity contribution in [3.8, 4) is 0 Å². The molecule has 2 heterocycles. The van der Waals surface area contributed by atoms with Crippen LogP contribution in [0.25, 0.3) is 11.0 Å². The number of rotatable bonds is 6. The van der Waals surface area contributed by atoms with Crippen LogP contribution >= 0.6 is 11.8 Å². The average molecular weight is 390 g/mol. The zero-order valence-corrected chi connectivity index (χ0v) is 17.0. The molecule has 1 aliphatic rings. The normalized spacial score (nSPS) is 15.0. The predicted octanol–water partition coefficient (Wildman–Crippen LogP) is 1.38. The highest BCUT2D eigenvalue weighted by atomic mass is 32.2. The third-order valence-electron chi connectivity index (χ3n) is 4.70. The van der Waals surface area contributed by atoms with E-state index in [9.17, 15) is 9.59 Å². The van der Waals surface area contributed by atoms with Crippen LogP contribution in [0.15, 0.2) is 29.4 Å². The van der Waals surface area contributed by atoms with Gasteiger partial charge in [-0.1, -0.05) is 23.9 Å². The summed E-state index contributed by atoms with van der Waals surface area (Å²) in [6.07, 6.45) is 0. The van der Waals surface area contributed by atoms with Gasteiger partial charge < -0.3 is 19.3 Å². The maximum Gasteiger partial charge on any atom is 0.236 e. The molecule has 0 atom stereocenters. The lowest BCUT2D eigenvalue weighted by atomic mass is 10.3. The Morgan fingerprint density at radius 1 is 1.07 bits per heavy atom. The van der Waals surface area contributed by atoms with E-state index in [1.807, 2.05) is 47.0 Å². The number of fused-ring (bicyclic) bond motifs is 1. The van der Waals surface area contributed by atoms with E-state index in [1.165, 1.54) is 11.8 Å². The van der Waals surface area contributed by atoms with Crippen molar-refractivity contribution in [3.05, 3.63) is 24.3 Å². The van der Waals surface area contributed by atoms with Gasteiger partial charge in [0.25, 0.3) is 0 Å². The van der Waals surface area contributed by atoms with Crippen LogP contribution in [0.5, 0.6) is 0 Å².